The summed E-state index contributed by atoms with van der Waals surface area (Å²) in [6.07, 6.45) is 5.08. The van der Waals surface area contributed by atoms with Gasteiger partial charge in [0.05, 0.1) is 17.3 Å². The molecular formula is C25H28ClFN2O2. The molecule has 6 heteroatoms. The van der Waals surface area contributed by atoms with Crippen LogP contribution in [0.5, 0.6) is 5.75 Å². The molecule has 1 aliphatic carbocycles. The van der Waals surface area contributed by atoms with Crippen LogP contribution < -0.4 is 15.0 Å². The van der Waals surface area contributed by atoms with Crippen molar-refractivity contribution in [1.82, 2.24) is 5.32 Å². The van der Waals surface area contributed by atoms with Gasteiger partial charge in [0.2, 0.25) is 5.91 Å². The zero-order valence-corrected chi connectivity index (χ0v) is 18.8. The van der Waals surface area contributed by atoms with Gasteiger partial charge in [0.1, 0.15) is 17.0 Å². The molecule has 2 heterocycles. The molecule has 0 aromatic heterocycles. The number of carbonyl (C=O) groups excluding carboxylic acids is 1. The minimum atomic E-state index is -0.867. The third-order valence-electron chi connectivity index (χ3n) is 7.69. The van der Waals surface area contributed by atoms with Crippen molar-refractivity contribution in [1.29, 1.82) is 0 Å². The highest BCUT2D eigenvalue weighted by Crippen LogP contribution is 2.62. The Morgan fingerprint density at radius 1 is 1.23 bits per heavy atom. The largest absolute Gasteiger partial charge is 0.494 e. The Bertz CT molecular complexity index is 1040. The number of rotatable bonds is 3. The van der Waals surface area contributed by atoms with Gasteiger partial charge in [0.15, 0.2) is 0 Å². The summed E-state index contributed by atoms with van der Waals surface area (Å²) in [4.78, 5) is 15.9. The molecular weight excluding hydrogens is 415 g/mol. The number of likely N-dealkylation sites (N-methyl/N-ethyl adjacent to an activating group) is 1. The minimum Gasteiger partial charge on any atom is -0.494 e. The Balaban J connectivity index is 1.77. The highest BCUT2D eigenvalue weighted by atomic mass is 35.5. The van der Waals surface area contributed by atoms with Crippen LogP contribution in [0.4, 0.5) is 10.1 Å². The highest BCUT2D eigenvalue weighted by Gasteiger charge is 2.69. The van der Waals surface area contributed by atoms with Crippen LogP contribution in [0.25, 0.3) is 0 Å². The minimum absolute atomic E-state index is 0.0347. The van der Waals surface area contributed by atoms with Gasteiger partial charge in [-0.25, -0.2) is 4.39 Å². The van der Waals surface area contributed by atoms with Crippen LogP contribution in [0, 0.1) is 5.82 Å². The number of halogens is 2. The van der Waals surface area contributed by atoms with Crippen LogP contribution in [0.2, 0.25) is 5.02 Å². The smallest absolute Gasteiger partial charge is 0.240 e. The van der Waals surface area contributed by atoms with Crippen LogP contribution in [-0.2, 0) is 10.2 Å². The molecule has 4 nitrogen and oxygen atoms in total. The van der Waals surface area contributed by atoms with E-state index in [0.717, 1.165) is 49.1 Å². The van der Waals surface area contributed by atoms with E-state index in [1.807, 2.05) is 32.2 Å². The molecule has 0 bridgehead atoms. The van der Waals surface area contributed by atoms with Gasteiger partial charge >= 0.3 is 0 Å². The van der Waals surface area contributed by atoms with Crippen molar-refractivity contribution in [3.63, 3.8) is 0 Å². The molecule has 1 amide bonds. The van der Waals surface area contributed by atoms with E-state index in [-0.39, 0.29) is 16.8 Å². The molecule has 2 spiro atoms. The van der Waals surface area contributed by atoms with E-state index in [9.17, 15) is 4.79 Å². The van der Waals surface area contributed by atoms with Gasteiger partial charge in [-0.3, -0.25) is 4.79 Å². The van der Waals surface area contributed by atoms with Gasteiger partial charge in [-0.15, -0.1) is 0 Å². The standard InChI is InChI=1S/C25H28ClFN2O2/c1-3-31-16-10-11-18-21(14-16)29(2)23(30)25(18)19(17-8-7-9-20(26)22(17)27)15-28-24(25)12-5-4-6-13-24/h7-11,14,19,28H,3-6,12-13,15H2,1-2H3/t19-,25-/m1/s1. The molecule has 1 saturated carbocycles. The van der Waals surface area contributed by atoms with Crippen molar-refractivity contribution in [3.8, 4) is 5.75 Å². The Labute approximate surface area is 187 Å². The number of ether oxygens (including phenoxy) is 1. The van der Waals surface area contributed by atoms with Crippen LogP contribution in [0.3, 0.4) is 0 Å². The zero-order valence-electron chi connectivity index (χ0n) is 18.0. The number of amides is 1. The fourth-order valence-corrected chi connectivity index (χ4v) is 6.63. The first-order chi connectivity index (χ1) is 15.0. The average molecular weight is 443 g/mol. The van der Waals surface area contributed by atoms with Crippen molar-refractivity contribution in [2.24, 2.45) is 0 Å². The molecule has 0 unspecified atom stereocenters. The van der Waals surface area contributed by atoms with Crippen molar-refractivity contribution >= 4 is 23.2 Å². The van der Waals surface area contributed by atoms with E-state index in [1.165, 1.54) is 0 Å². The SMILES string of the molecule is CCOc1ccc2c(c1)N(C)C(=O)[C@]21[C@@H](c2cccc(Cl)c2F)CNC12CCCCC2. The molecule has 1 N–H and O–H groups in total. The maximum atomic E-state index is 15.3. The van der Waals surface area contributed by atoms with Crippen LogP contribution in [-0.4, -0.2) is 31.6 Å². The Kier molecular flexibility index (Phi) is 5.02. The molecule has 2 fully saturated rings. The summed E-state index contributed by atoms with van der Waals surface area (Å²) in [7, 11) is 1.83. The zero-order chi connectivity index (χ0) is 21.8. The van der Waals surface area contributed by atoms with Crippen LogP contribution >= 0.6 is 11.6 Å². The Morgan fingerprint density at radius 2 is 2.00 bits per heavy atom. The summed E-state index contributed by atoms with van der Waals surface area (Å²) < 4.78 is 21.0. The van der Waals surface area contributed by atoms with Crippen molar-refractivity contribution in [2.75, 3.05) is 25.1 Å². The summed E-state index contributed by atoms with van der Waals surface area (Å²) in [5, 5.41) is 3.84. The summed E-state index contributed by atoms with van der Waals surface area (Å²) in [6.45, 7) is 3.05. The van der Waals surface area contributed by atoms with Gasteiger partial charge in [-0.1, -0.05) is 49.1 Å². The maximum absolute atomic E-state index is 15.3. The van der Waals surface area contributed by atoms with E-state index in [4.69, 9.17) is 16.3 Å². The van der Waals surface area contributed by atoms with Gasteiger partial charge < -0.3 is 15.0 Å². The van der Waals surface area contributed by atoms with E-state index < -0.39 is 16.8 Å². The second-order valence-electron chi connectivity index (χ2n) is 9.00. The third-order valence-corrected chi connectivity index (χ3v) is 7.99. The van der Waals surface area contributed by atoms with E-state index in [2.05, 4.69) is 5.32 Å². The van der Waals surface area contributed by atoms with Crippen LogP contribution in [0.15, 0.2) is 36.4 Å². The number of nitrogens with zero attached hydrogens (tertiary/aromatic N) is 1. The predicted molar refractivity (Wildman–Crippen MR) is 121 cm³/mol. The molecule has 31 heavy (non-hydrogen) atoms. The third kappa shape index (κ3) is 2.72. The summed E-state index contributed by atoms with van der Waals surface area (Å²) in [6, 6.07) is 11.1. The molecule has 2 aromatic carbocycles. The van der Waals surface area contributed by atoms with Gasteiger partial charge in [0.25, 0.3) is 0 Å². The van der Waals surface area contributed by atoms with Gasteiger partial charge in [-0.2, -0.15) is 0 Å². The monoisotopic (exact) mass is 442 g/mol. The van der Waals surface area contributed by atoms with Gasteiger partial charge in [0, 0.05) is 31.1 Å². The van der Waals surface area contributed by atoms with Crippen molar-refractivity contribution < 1.29 is 13.9 Å². The van der Waals surface area contributed by atoms with Gasteiger partial charge in [-0.05, 0) is 43.0 Å². The first-order valence-electron chi connectivity index (χ1n) is 11.2. The first kappa shape index (κ1) is 20.8. The average Bonchev–Trinajstić information content (AvgIpc) is 3.20. The molecule has 2 aliphatic heterocycles. The number of nitrogens with one attached hydrogen (secondary N) is 1. The topological polar surface area (TPSA) is 41.6 Å². The maximum Gasteiger partial charge on any atom is 0.240 e. The molecule has 3 aliphatic rings. The highest BCUT2D eigenvalue weighted by molar-refractivity contribution is 6.30. The molecule has 2 atom stereocenters. The molecule has 1 saturated heterocycles. The molecule has 164 valence electrons. The summed E-state index contributed by atoms with van der Waals surface area (Å²) in [5.41, 5.74) is 1.09. The van der Waals surface area contributed by atoms with E-state index >= 15 is 4.39 Å². The van der Waals surface area contributed by atoms with E-state index in [0.29, 0.717) is 18.7 Å². The lowest BCUT2D eigenvalue weighted by Crippen LogP contribution is -2.61. The summed E-state index contributed by atoms with van der Waals surface area (Å²) >= 11 is 6.18. The molecule has 5 rings (SSSR count). The van der Waals surface area contributed by atoms with Crippen molar-refractivity contribution in [3.05, 3.63) is 58.4 Å². The summed E-state index contributed by atoms with van der Waals surface area (Å²) in [5.74, 6) is 0.0241. The normalized spacial score (nSPS) is 26.6. The lowest BCUT2D eigenvalue weighted by Gasteiger charge is -2.47. The first-order valence-corrected chi connectivity index (χ1v) is 11.6. The lowest BCUT2D eigenvalue weighted by molar-refractivity contribution is -0.126. The second kappa shape index (κ2) is 7.49. The van der Waals surface area contributed by atoms with E-state index in [1.54, 1.807) is 23.1 Å². The number of anilines is 1. The number of benzene rings is 2. The quantitative estimate of drug-likeness (QED) is 0.711. The predicted octanol–water partition coefficient (Wildman–Crippen LogP) is 5.18. The second-order valence-corrected chi connectivity index (χ2v) is 9.41. The Morgan fingerprint density at radius 3 is 2.74 bits per heavy atom. The fraction of sp³-hybridized carbons (Fsp3) is 0.480. The number of hydrogen-bond donors (Lipinski definition) is 1. The number of fused-ring (bicyclic) bond motifs is 3. The number of carbonyl (C=O) groups is 1. The molecule has 0 radical (unpaired) electrons. The van der Waals surface area contributed by atoms with Crippen molar-refractivity contribution in [2.45, 2.75) is 55.9 Å². The lowest BCUT2D eigenvalue weighted by atomic mass is 9.56. The number of hydrogen-bond acceptors (Lipinski definition) is 3. The molecule has 2 aromatic rings. The van der Waals surface area contributed by atoms with Crippen LogP contribution in [0.1, 0.15) is 56.1 Å². The Hall–Kier alpha value is -2.11. The fourth-order valence-electron chi connectivity index (χ4n) is 6.45.